The van der Waals surface area contributed by atoms with Crippen molar-refractivity contribution in [2.75, 3.05) is 13.2 Å². The SMILES string of the molecule is CCOC(=O)C(F)OCC1CC=CCC1C. The van der Waals surface area contributed by atoms with E-state index in [1.165, 1.54) is 0 Å². The van der Waals surface area contributed by atoms with Crippen molar-refractivity contribution in [3.05, 3.63) is 12.2 Å². The van der Waals surface area contributed by atoms with Crippen LogP contribution in [0.25, 0.3) is 0 Å². The van der Waals surface area contributed by atoms with Gasteiger partial charge in [0.15, 0.2) is 0 Å². The number of hydrogen-bond acceptors (Lipinski definition) is 3. The van der Waals surface area contributed by atoms with E-state index in [2.05, 4.69) is 23.8 Å². The molecule has 0 fully saturated rings. The van der Waals surface area contributed by atoms with Gasteiger partial charge in [0.25, 0.3) is 6.36 Å². The third kappa shape index (κ3) is 3.93. The summed E-state index contributed by atoms with van der Waals surface area (Å²) in [6, 6.07) is 0. The largest absolute Gasteiger partial charge is 0.462 e. The Kier molecular flexibility index (Phi) is 5.46. The van der Waals surface area contributed by atoms with E-state index in [0.717, 1.165) is 12.8 Å². The van der Waals surface area contributed by atoms with E-state index in [4.69, 9.17) is 4.74 Å². The number of ether oxygens (including phenoxy) is 2. The van der Waals surface area contributed by atoms with Crippen LogP contribution in [0.15, 0.2) is 12.2 Å². The zero-order valence-corrected chi connectivity index (χ0v) is 9.82. The number of hydrogen-bond donors (Lipinski definition) is 0. The topological polar surface area (TPSA) is 35.5 Å². The summed E-state index contributed by atoms with van der Waals surface area (Å²) in [7, 11) is 0. The first-order valence-electron chi connectivity index (χ1n) is 5.72. The maximum Gasteiger partial charge on any atom is 0.368 e. The Morgan fingerprint density at radius 1 is 1.50 bits per heavy atom. The predicted molar refractivity (Wildman–Crippen MR) is 58.5 cm³/mol. The summed E-state index contributed by atoms with van der Waals surface area (Å²) in [5, 5.41) is 0. The molecule has 0 bridgehead atoms. The summed E-state index contributed by atoms with van der Waals surface area (Å²) in [5.74, 6) is -0.168. The number of halogens is 1. The fraction of sp³-hybridized carbons (Fsp3) is 0.750. The smallest absolute Gasteiger partial charge is 0.368 e. The average Bonchev–Trinajstić information content (AvgIpc) is 2.28. The first-order valence-corrected chi connectivity index (χ1v) is 5.72. The van der Waals surface area contributed by atoms with Crippen molar-refractivity contribution in [1.29, 1.82) is 0 Å². The molecule has 0 aliphatic heterocycles. The zero-order valence-electron chi connectivity index (χ0n) is 9.82. The normalized spacial score (nSPS) is 26.4. The molecule has 16 heavy (non-hydrogen) atoms. The van der Waals surface area contributed by atoms with Gasteiger partial charge in [0.2, 0.25) is 0 Å². The van der Waals surface area contributed by atoms with E-state index >= 15 is 0 Å². The Morgan fingerprint density at radius 2 is 2.19 bits per heavy atom. The molecule has 1 aliphatic carbocycles. The Balaban J connectivity index is 2.28. The zero-order chi connectivity index (χ0) is 12.0. The molecule has 0 radical (unpaired) electrons. The van der Waals surface area contributed by atoms with Crippen LogP contribution >= 0.6 is 0 Å². The molecule has 1 aliphatic rings. The second-order valence-electron chi connectivity index (χ2n) is 4.08. The number of esters is 1. The van der Waals surface area contributed by atoms with Gasteiger partial charge in [-0.1, -0.05) is 19.1 Å². The highest BCUT2D eigenvalue weighted by molar-refractivity contribution is 5.72. The van der Waals surface area contributed by atoms with Crippen LogP contribution in [0.5, 0.6) is 0 Å². The number of alkyl halides is 1. The highest BCUT2D eigenvalue weighted by atomic mass is 19.1. The molecule has 3 nitrogen and oxygen atoms in total. The minimum absolute atomic E-state index is 0.172. The molecule has 0 aromatic rings. The minimum Gasteiger partial charge on any atom is -0.462 e. The molecule has 3 unspecified atom stereocenters. The van der Waals surface area contributed by atoms with E-state index in [9.17, 15) is 9.18 Å². The van der Waals surface area contributed by atoms with E-state index in [1.54, 1.807) is 6.92 Å². The van der Waals surface area contributed by atoms with Crippen molar-refractivity contribution in [2.45, 2.75) is 33.0 Å². The average molecular weight is 230 g/mol. The fourth-order valence-corrected chi connectivity index (χ4v) is 1.72. The third-order valence-electron chi connectivity index (χ3n) is 2.85. The summed E-state index contributed by atoms with van der Waals surface area (Å²) in [6.45, 7) is 4.18. The summed E-state index contributed by atoms with van der Waals surface area (Å²) in [4.78, 5) is 11.0. The molecule has 0 N–H and O–H groups in total. The standard InChI is InChI=1S/C12H19FO3/c1-3-15-12(14)11(13)16-8-10-7-5-4-6-9(10)2/h4-5,9-11H,3,6-8H2,1-2H3. The van der Waals surface area contributed by atoms with Crippen molar-refractivity contribution in [2.24, 2.45) is 11.8 Å². The van der Waals surface area contributed by atoms with Gasteiger partial charge in [-0.2, -0.15) is 0 Å². The molecule has 0 aromatic heterocycles. The molecule has 4 heteroatoms. The number of rotatable bonds is 5. The van der Waals surface area contributed by atoms with Gasteiger partial charge in [0, 0.05) is 0 Å². The molecule has 92 valence electrons. The highest BCUT2D eigenvalue weighted by Crippen LogP contribution is 2.25. The fourth-order valence-electron chi connectivity index (χ4n) is 1.72. The monoisotopic (exact) mass is 230 g/mol. The first kappa shape index (κ1) is 13.2. The summed E-state index contributed by atoms with van der Waals surface area (Å²) < 4.78 is 22.6. The van der Waals surface area contributed by atoms with Crippen LogP contribution in [0.2, 0.25) is 0 Å². The maximum atomic E-state index is 13.2. The van der Waals surface area contributed by atoms with E-state index in [0.29, 0.717) is 5.92 Å². The van der Waals surface area contributed by atoms with E-state index in [1.807, 2.05) is 0 Å². The second-order valence-corrected chi connectivity index (χ2v) is 4.08. The van der Waals surface area contributed by atoms with Gasteiger partial charge in [-0.15, -0.1) is 0 Å². The van der Waals surface area contributed by atoms with Crippen molar-refractivity contribution >= 4 is 5.97 Å². The lowest BCUT2D eigenvalue weighted by Gasteiger charge is -2.25. The van der Waals surface area contributed by atoms with E-state index in [-0.39, 0.29) is 19.1 Å². The second kappa shape index (κ2) is 6.63. The lowest BCUT2D eigenvalue weighted by Crippen LogP contribution is -2.27. The number of carbonyl (C=O) groups is 1. The van der Waals surface area contributed by atoms with Crippen LogP contribution < -0.4 is 0 Å². The molecule has 0 heterocycles. The molecule has 1 rings (SSSR count). The quantitative estimate of drug-likeness (QED) is 0.537. The van der Waals surface area contributed by atoms with Crippen LogP contribution in [0, 0.1) is 11.8 Å². The molecule has 3 atom stereocenters. The Hall–Kier alpha value is -0.900. The van der Waals surface area contributed by atoms with Gasteiger partial charge in [-0.05, 0) is 31.6 Å². The first-order chi connectivity index (χ1) is 7.65. The highest BCUT2D eigenvalue weighted by Gasteiger charge is 2.24. The van der Waals surface area contributed by atoms with Gasteiger partial charge in [0.1, 0.15) is 0 Å². The summed E-state index contributed by atoms with van der Waals surface area (Å²) in [6.07, 6.45) is 4.13. The molecular formula is C12H19FO3. The Labute approximate surface area is 95.6 Å². The Bertz CT molecular complexity index is 253. The van der Waals surface area contributed by atoms with Crippen molar-refractivity contribution in [3.63, 3.8) is 0 Å². The summed E-state index contributed by atoms with van der Waals surface area (Å²) in [5.41, 5.74) is 0. The lowest BCUT2D eigenvalue weighted by atomic mass is 9.85. The van der Waals surface area contributed by atoms with Gasteiger partial charge in [-0.3, -0.25) is 0 Å². The third-order valence-corrected chi connectivity index (χ3v) is 2.85. The van der Waals surface area contributed by atoms with Crippen LogP contribution in [0.1, 0.15) is 26.7 Å². The van der Waals surface area contributed by atoms with Gasteiger partial charge < -0.3 is 9.47 Å². The summed E-state index contributed by atoms with van der Waals surface area (Å²) >= 11 is 0. The minimum atomic E-state index is -1.95. The molecule has 0 saturated carbocycles. The maximum absolute atomic E-state index is 13.2. The van der Waals surface area contributed by atoms with Gasteiger partial charge in [0.05, 0.1) is 13.2 Å². The Morgan fingerprint density at radius 3 is 2.81 bits per heavy atom. The number of allylic oxidation sites excluding steroid dienone is 2. The van der Waals surface area contributed by atoms with Crippen molar-refractivity contribution < 1.29 is 18.7 Å². The van der Waals surface area contributed by atoms with Crippen LogP contribution in [-0.4, -0.2) is 25.5 Å². The number of carbonyl (C=O) groups excluding carboxylic acids is 1. The van der Waals surface area contributed by atoms with Gasteiger partial charge >= 0.3 is 5.97 Å². The molecule has 0 saturated heterocycles. The lowest BCUT2D eigenvalue weighted by molar-refractivity contribution is -0.171. The van der Waals surface area contributed by atoms with Crippen molar-refractivity contribution in [3.8, 4) is 0 Å². The van der Waals surface area contributed by atoms with E-state index < -0.39 is 12.3 Å². The van der Waals surface area contributed by atoms with Crippen LogP contribution in [-0.2, 0) is 14.3 Å². The van der Waals surface area contributed by atoms with Crippen LogP contribution in [0.3, 0.4) is 0 Å². The molecule has 0 spiro atoms. The molecule has 0 amide bonds. The van der Waals surface area contributed by atoms with Crippen LogP contribution in [0.4, 0.5) is 4.39 Å². The molecular weight excluding hydrogens is 211 g/mol. The van der Waals surface area contributed by atoms with Crippen molar-refractivity contribution in [1.82, 2.24) is 0 Å². The predicted octanol–water partition coefficient (Wildman–Crippen LogP) is 2.46. The molecule has 0 aromatic carbocycles. The van der Waals surface area contributed by atoms with Gasteiger partial charge in [-0.25, -0.2) is 9.18 Å².